The number of hydrogen-bond donors (Lipinski definition) is 0. The Balaban J connectivity index is 1.73. The Hall–Kier alpha value is -1.26. The number of amides is 1. The van der Waals surface area contributed by atoms with E-state index in [1.54, 1.807) is 0 Å². The van der Waals surface area contributed by atoms with Crippen molar-refractivity contribution >= 4 is 17.5 Å². The fourth-order valence-electron chi connectivity index (χ4n) is 2.09. The molecule has 1 saturated heterocycles. The third kappa shape index (κ3) is 4.40. The van der Waals surface area contributed by atoms with Crippen molar-refractivity contribution in [3.8, 4) is 5.75 Å². The van der Waals surface area contributed by atoms with E-state index in [1.807, 2.05) is 35.2 Å². The molecule has 5 heteroatoms. The predicted octanol–water partition coefficient (Wildman–Crippen LogP) is 1.45. The summed E-state index contributed by atoms with van der Waals surface area (Å²) >= 11 is 5.71. The van der Waals surface area contributed by atoms with Crippen LogP contribution in [0.2, 0.25) is 0 Å². The average Bonchev–Trinajstić information content (AvgIpc) is 2.47. The molecule has 1 aromatic rings. The summed E-state index contributed by atoms with van der Waals surface area (Å²) in [5.41, 5.74) is 0. The van der Waals surface area contributed by atoms with E-state index < -0.39 is 0 Å². The number of halogens is 1. The lowest BCUT2D eigenvalue weighted by molar-refractivity contribution is -0.135. The molecule has 0 bridgehead atoms. The van der Waals surface area contributed by atoms with Crippen LogP contribution in [0.3, 0.4) is 0 Å². The van der Waals surface area contributed by atoms with Crippen LogP contribution in [-0.4, -0.2) is 60.9 Å². The van der Waals surface area contributed by atoms with E-state index in [0.29, 0.717) is 5.88 Å². The standard InChI is InChI=1S/C14H19ClN2O2/c15-6-7-16-8-10-17(11-9-16)14(18)12-19-13-4-2-1-3-5-13/h1-5H,6-12H2. The Morgan fingerprint density at radius 1 is 1.16 bits per heavy atom. The number of piperazine rings is 1. The maximum atomic E-state index is 12.0. The highest BCUT2D eigenvalue weighted by Gasteiger charge is 2.20. The number of ether oxygens (including phenoxy) is 1. The van der Waals surface area contributed by atoms with E-state index in [-0.39, 0.29) is 12.5 Å². The lowest BCUT2D eigenvalue weighted by Gasteiger charge is -2.34. The van der Waals surface area contributed by atoms with Crippen LogP contribution >= 0.6 is 11.6 Å². The van der Waals surface area contributed by atoms with E-state index in [0.717, 1.165) is 38.5 Å². The number of nitrogens with zero attached hydrogens (tertiary/aromatic N) is 2. The number of alkyl halides is 1. The molecule has 1 heterocycles. The first-order valence-corrected chi connectivity index (χ1v) is 7.07. The number of para-hydroxylation sites is 1. The van der Waals surface area contributed by atoms with Crippen molar-refractivity contribution in [2.24, 2.45) is 0 Å². The molecule has 0 unspecified atom stereocenters. The van der Waals surface area contributed by atoms with Gasteiger partial charge in [0.05, 0.1) is 0 Å². The molecule has 0 spiro atoms. The van der Waals surface area contributed by atoms with Crippen molar-refractivity contribution in [1.29, 1.82) is 0 Å². The van der Waals surface area contributed by atoms with E-state index >= 15 is 0 Å². The number of carbonyl (C=O) groups excluding carboxylic acids is 1. The molecular formula is C14H19ClN2O2. The second-order valence-electron chi connectivity index (χ2n) is 4.51. The smallest absolute Gasteiger partial charge is 0.260 e. The Morgan fingerprint density at radius 3 is 2.47 bits per heavy atom. The van der Waals surface area contributed by atoms with Crippen LogP contribution in [0, 0.1) is 0 Å². The van der Waals surface area contributed by atoms with Gasteiger partial charge in [-0.3, -0.25) is 9.69 Å². The van der Waals surface area contributed by atoms with Gasteiger partial charge < -0.3 is 9.64 Å². The summed E-state index contributed by atoms with van der Waals surface area (Å²) in [6, 6.07) is 9.41. The largest absolute Gasteiger partial charge is 0.484 e. The van der Waals surface area contributed by atoms with Gasteiger partial charge in [0.1, 0.15) is 5.75 Å². The molecule has 1 aliphatic rings. The zero-order chi connectivity index (χ0) is 13.5. The molecule has 1 aliphatic heterocycles. The molecule has 0 radical (unpaired) electrons. The maximum absolute atomic E-state index is 12.0. The third-order valence-electron chi connectivity index (χ3n) is 3.23. The lowest BCUT2D eigenvalue weighted by atomic mass is 10.3. The highest BCUT2D eigenvalue weighted by molar-refractivity contribution is 6.18. The average molecular weight is 283 g/mol. The molecule has 0 aromatic heterocycles. The van der Waals surface area contributed by atoms with E-state index in [9.17, 15) is 4.79 Å². The van der Waals surface area contributed by atoms with E-state index in [1.165, 1.54) is 0 Å². The van der Waals surface area contributed by atoms with Gasteiger partial charge in [-0.15, -0.1) is 11.6 Å². The van der Waals surface area contributed by atoms with Crippen LogP contribution in [0.15, 0.2) is 30.3 Å². The Kier molecular flexibility index (Phi) is 5.48. The van der Waals surface area contributed by atoms with Crippen LogP contribution in [0.4, 0.5) is 0 Å². The van der Waals surface area contributed by atoms with Gasteiger partial charge in [0.15, 0.2) is 6.61 Å². The fraction of sp³-hybridized carbons (Fsp3) is 0.500. The number of rotatable bonds is 5. The van der Waals surface area contributed by atoms with Crippen molar-refractivity contribution < 1.29 is 9.53 Å². The topological polar surface area (TPSA) is 32.8 Å². The fourth-order valence-corrected chi connectivity index (χ4v) is 2.33. The van der Waals surface area contributed by atoms with Gasteiger partial charge in [0.2, 0.25) is 0 Å². The minimum atomic E-state index is 0.0503. The van der Waals surface area contributed by atoms with Crippen molar-refractivity contribution in [1.82, 2.24) is 9.80 Å². The highest BCUT2D eigenvalue weighted by Crippen LogP contribution is 2.09. The first-order valence-electron chi connectivity index (χ1n) is 6.53. The van der Waals surface area contributed by atoms with E-state index in [4.69, 9.17) is 16.3 Å². The molecular weight excluding hydrogens is 264 g/mol. The molecule has 4 nitrogen and oxygen atoms in total. The second kappa shape index (κ2) is 7.36. The summed E-state index contributed by atoms with van der Waals surface area (Å²) < 4.78 is 5.47. The number of carbonyl (C=O) groups is 1. The molecule has 0 N–H and O–H groups in total. The SMILES string of the molecule is O=C(COc1ccccc1)N1CCN(CCCl)CC1. The Bertz CT molecular complexity index is 392. The molecule has 1 fully saturated rings. The van der Waals surface area contributed by atoms with Crippen molar-refractivity contribution in [3.63, 3.8) is 0 Å². The van der Waals surface area contributed by atoms with Gasteiger partial charge in [-0.25, -0.2) is 0 Å². The number of hydrogen-bond acceptors (Lipinski definition) is 3. The molecule has 104 valence electrons. The number of benzene rings is 1. The quantitative estimate of drug-likeness (QED) is 0.767. The first-order chi connectivity index (χ1) is 9.29. The van der Waals surface area contributed by atoms with Crippen molar-refractivity contribution in [3.05, 3.63) is 30.3 Å². The summed E-state index contributed by atoms with van der Waals surface area (Å²) in [7, 11) is 0. The third-order valence-corrected chi connectivity index (χ3v) is 3.40. The van der Waals surface area contributed by atoms with E-state index in [2.05, 4.69) is 4.90 Å². The van der Waals surface area contributed by atoms with Crippen LogP contribution in [0.5, 0.6) is 5.75 Å². The Labute approximate surface area is 118 Å². The lowest BCUT2D eigenvalue weighted by Crippen LogP contribution is -2.50. The van der Waals surface area contributed by atoms with Crippen LogP contribution in [-0.2, 0) is 4.79 Å². The second-order valence-corrected chi connectivity index (χ2v) is 4.89. The van der Waals surface area contributed by atoms with Crippen molar-refractivity contribution in [2.75, 3.05) is 45.2 Å². The minimum absolute atomic E-state index is 0.0503. The molecule has 2 rings (SSSR count). The van der Waals surface area contributed by atoms with Gasteiger partial charge in [0, 0.05) is 38.6 Å². The predicted molar refractivity (Wildman–Crippen MR) is 75.7 cm³/mol. The monoisotopic (exact) mass is 282 g/mol. The zero-order valence-electron chi connectivity index (χ0n) is 10.9. The minimum Gasteiger partial charge on any atom is -0.484 e. The van der Waals surface area contributed by atoms with Gasteiger partial charge in [-0.05, 0) is 12.1 Å². The van der Waals surface area contributed by atoms with Crippen LogP contribution in [0.25, 0.3) is 0 Å². The molecule has 19 heavy (non-hydrogen) atoms. The summed E-state index contributed by atoms with van der Waals surface area (Å²) in [5.74, 6) is 1.43. The molecule has 1 aromatic carbocycles. The Morgan fingerprint density at radius 2 is 1.84 bits per heavy atom. The van der Waals surface area contributed by atoms with Gasteiger partial charge in [-0.2, -0.15) is 0 Å². The van der Waals surface area contributed by atoms with Gasteiger partial charge in [0.25, 0.3) is 5.91 Å². The maximum Gasteiger partial charge on any atom is 0.260 e. The molecule has 0 saturated carbocycles. The zero-order valence-corrected chi connectivity index (χ0v) is 11.7. The van der Waals surface area contributed by atoms with Gasteiger partial charge in [-0.1, -0.05) is 18.2 Å². The normalized spacial score (nSPS) is 16.4. The highest BCUT2D eigenvalue weighted by atomic mass is 35.5. The van der Waals surface area contributed by atoms with Crippen LogP contribution in [0.1, 0.15) is 0 Å². The molecule has 0 atom stereocenters. The molecule has 1 amide bonds. The first kappa shape index (κ1) is 14.2. The summed E-state index contributed by atoms with van der Waals surface area (Å²) in [6.45, 7) is 4.30. The molecule has 0 aliphatic carbocycles. The summed E-state index contributed by atoms with van der Waals surface area (Å²) in [4.78, 5) is 16.1. The van der Waals surface area contributed by atoms with Crippen molar-refractivity contribution in [2.45, 2.75) is 0 Å². The summed E-state index contributed by atoms with van der Waals surface area (Å²) in [6.07, 6.45) is 0. The van der Waals surface area contributed by atoms with Gasteiger partial charge >= 0.3 is 0 Å². The van der Waals surface area contributed by atoms with Crippen LogP contribution < -0.4 is 4.74 Å². The summed E-state index contributed by atoms with van der Waals surface area (Å²) in [5, 5.41) is 0.